The smallest absolute Gasteiger partial charge is 0.256 e. The van der Waals surface area contributed by atoms with Crippen LogP contribution in [0.3, 0.4) is 0 Å². The number of benzene rings is 3. The molecule has 3 heterocycles. The van der Waals surface area contributed by atoms with E-state index in [0.29, 0.717) is 103 Å². The number of carbonyl (C=O) groups is 3. The first-order valence-corrected chi connectivity index (χ1v) is 17.9. The monoisotopic (exact) mass is 742 g/mol. The van der Waals surface area contributed by atoms with Crippen LogP contribution in [0.5, 0.6) is 40.2 Å². The van der Waals surface area contributed by atoms with Gasteiger partial charge in [0.15, 0.2) is 34.5 Å². The summed E-state index contributed by atoms with van der Waals surface area (Å²) in [5.74, 6) is 2.91. The molecule has 6 rings (SSSR count). The predicted molar refractivity (Wildman–Crippen MR) is 201 cm³/mol. The van der Waals surface area contributed by atoms with Crippen LogP contribution < -0.4 is 33.2 Å². The van der Waals surface area contributed by atoms with Gasteiger partial charge < -0.3 is 47.9 Å². The lowest BCUT2D eigenvalue weighted by molar-refractivity contribution is -0.127. The molecule has 0 aromatic heterocycles. The average Bonchev–Trinajstić information content (AvgIpc) is 3.65. The molecule has 3 aliphatic rings. The molecule has 3 aromatic rings. The number of nitrogens with zero attached hydrogens (tertiary/aromatic N) is 4. The zero-order valence-corrected chi connectivity index (χ0v) is 31.3. The first-order valence-electron chi connectivity index (χ1n) is 17.9. The summed E-state index contributed by atoms with van der Waals surface area (Å²) in [7, 11) is 7.62. The summed E-state index contributed by atoms with van der Waals surface area (Å²) in [6.07, 6.45) is 7.55. The van der Waals surface area contributed by atoms with Crippen LogP contribution in [0.2, 0.25) is 0 Å². The molecule has 0 unspecified atom stereocenters. The van der Waals surface area contributed by atoms with Crippen molar-refractivity contribution in [1.29, 1.82) is 0 Å². The van der Waals surface area contributed by atoms with Crippen LogP contribution in [0.15, 0.2) is 53.5 Å². The summed E-state index contributed by atoms with van der Waals surface area (Å²) in [5.41, 5.74) is 2.27. The fourth-order valence-corrected chi connectivity index (χ4v) is 6.74. The van der Waals surface area contributed by atoms with Crippen LogP contribution in [0, 0.1) is 0 Å². The molecule has 3 aromatic carbocycles. The first-order chi connectivity index (χ1) is 26.3. The molecule has 54 heavy (non-hydrogen) atoms. The van der Waals surface area contributed by atoms with Crippen LogP contribution in [-0.4, -0.2) is 126 Å². The molecular formula is C40H46N4O10. The third-order valence-electron chi connectivity index (χ3n) is 9.66. The Balaban J connectivity index is 0.979. The van der Waals surface area contributed by atoms with Gasteiger partial charge in [-0.15, -0.1) is 0 Å². The molecule has 286 valence electrons. The molecule has 3 aliphatic heterocycles. The van der Waals surface area contributed by atoms with Gasteiger partial charge in [-0.2, -0.15) is 0 Å². The second-order valence-electron chi connectivity index (χ2n) is 12.8. The number of aliphatic imine (C=N–C) groups is 1. The minimum absolute atomic E-state index is 0.0255. The SMILES string of the molecule is COc1cc(/C=C/C(=O)N2CCN(C(=O)c3cc(OC)c(OC)c(OC)c3)CC2)ccc1OCCCOc1cc2c(cc1OC)C(=O)N1CCC[C@H]1C=N2. The molecule has 0 spiro atoms. The molecule has 2 saturated heterocycles. The third-order valence-corrected chi connectivity index (χ3v) is 9.66. The predicted octanol–water partition coefficient (Wildman–Crippen LogP) is 4.90. The van der Waals surface area contributed by atoms with Gasteiger partial charge in [-0.05, 0) is 54.8 Å². The summed E-state index contributed by atoms with van der Waals surface area (Å²) in [6.45, 7) is 2.99. The van der Waals surface area contributed by atoms with Crippen LogP contribution in [-0.2, 0) is 4.79 Å². The van der Waals surface area contributed by atoms with Gasteiger partial charge in [-0.25, -0.2) is 0 Å². The van der Waals surface area contributed by atoms with Crippen LogP contribution in [0.4, 0.5) is 5.69 Å². The Labute approximate surface area is 314 Å². The Kier molecular flexibility index (Phi) is 12.1. The molecule has 0 N–H and O–H groups in total. The second kappa shape index (κ2) is 17.3. The summed E-state index contributed by atoms with van der Waals surface area (Å²) >= 11 is 0. The molecule has 3 amide bonds. The number of fused-ring (bicyclic) bond motifs is 2. The van der Waals surface area contributed by atoms with Crippen molar-refractivity contribution in [3.8, 4) is 40.2 Å². The first kappa shape index (κ1) is 37.8. The van der Waals surface area contributed by atoms with Crippen molar-refractivity contribution in [2.45, 2.75) is 25.3 Å². The van der Waals surface area contributed by atoms with Crippen molar-refractivity contribution in [2.24, 2.45) is 4.99 Å². The van der Waals surface area contributed by atoms with E-state index in [1.807, 2.05) is 17.2 Å². The van der Waals surface area contributed by atoms with Crippen molar-refractivity contribution in [2.75, 3.05) is 81.5 Å². The van der Waals surface area contributed by atoms with E-state index in [1.165, 1.54) is 27.4 Å². The fraction of sp³-hybridized carbons (Fsp3) is 0.400. The molecule has 0 saturated carbocycles. The van der Waals surface area contributed by atoms with E-state index >= 15 is 0 Å². The fourth-order valence-electron chi connectivity index (χ4n) is 6.74. The number of rotatable bonds is 14. The van der Waals surface area contributed by atoms with Gasteiger partial charge in [0.2, 0.25) is 11.7 Å². The van der Waals surface area contributed by atoms with Crippen molar-refractivity contribution < 1.29 is 47.5 Å². The number of hydrogen-bond donors (Lipinski definition) is 0. The highest BCUT2D eigenvalue weighted by atomic mass is 16.5. The lowest BCUT2D eigenvalue weighted by Gasteiger charge is -2.34. The summed E-state index contributed by atoms with van der Waals surface area (Å²) < 4.78 is 39.3. The largest absolute Gasteiger partial charge is 0.493 e. The Morgan fingerprint density at radius 1 is 0.741 bits per heavy atom. The number of ether oxygens (including phenoxy) is 7. The minimum atomic E-state index is -0.182. The standard InChI is InChI=1S/C40H46N4O10/c1-48-32-20-26(10-12-37(45)42-14-16-43(17-15-42)39(46)27-21-35(50-3)38(52-5)36(22-27)51-4)9-11-31(32)53-18-7-19-54-34-24-30-29(23-33(34)49-2)40(47)44-13-6-8-28(44)25-41-30/h9-12,20-25,28H,6-8,13-19H2,1-5H3/b12-10+/t28-/m0/s1. The topological polar surface area (TPSA) is 138 Å². The normalized spacial score (nSPS) is 16.4. The van der Waals surface area contributed by atoms with Gasteiger partial charge in [-0.1, -0.05) is 6.07 Å². The van der Waals surface area contributed by atoms with Crippen molar-refractivity contribution in [3.63, 3.8) is 0 Å². The zero-order chi connectivity index (χ0) is 38.2. The lowest BCUT2D eigenvalue weighted by Crippen LogP contribution is -2.50. The molecule has 0 radical (unpaired) electrons. The average molecular weight is 743 g/mol. The quantitative estimate of drug-likeness (QED) is 0.166. The van der Waals surface area contributed by atoms with Crippen LogP contribution in [0.25, 0.3) is 6.08 Å². The molecular weight excluding hydrogens is 696 g/mol. The van der Waals surface area contributed by atoms with E-state index in [1.54, 1.807) is 66.5 Å². The van der Waals surface area contributed by atoms with E-state index in [4.69, 9.17) is 33.2 Å². The summed E-state index contributed by atoms with van der Waals surface area (Å²) in [6, 6.07) is 12.2. The number of carbonyl (C=O) groups excluding carboxylic acids is 3. The van der Waals surface area contributed by atoms with Crippen molar-refractivity contribution in [3.05, 3.63) is 65.2 Å². The molecule has 14 heteroatoms. The summed E-state index contributed by atoms with van der Waals surface area (Å²) in [5, 5.41) is 0. The van der Waals surface area contributed by atoms with Crippen LogP contribution in [0.1, 0.15) is 45.5 Å². The van der Waals surface area contributed by atoms with E-state index in [-0.39, 0.29) is 23.8 Å². The Morgan fingerprint density at radius 3 is 2.06 bits per heavy atom. The van der Waals surface area contributed by atoms with Gasteiger partial charge in [0.1, 0.15) is 0 Å². The highest BCUT2D eigenvalue weighted by Gasteiger charge is 2.33. The number of methoxy groups -OCH3 is 5. The maximum Gasteiger partial charge on any atom is 0.256 e. The van der Waals surface area contributed by atoms with Gasteiger partial charge in [0, 0.05) is 63.1 Å². The lowest BCUT2D eigenvalue weighted by atomic mass is 10.1. The molecule has 1 atom stereocenters. The number of piperazine rings is 1. The Morgan fingerprint density at radius 2 is 1.39 bits per heavy atom. The highest BCUT2D eigenvalue weighted by molar-refractivity contribution is 6.03. The Bertz CT molecular complexity index is 1900. The number of amides is 3. The summed E-state index contributed by atoms with van der Waals surface area (Å²) in [4.78, 5) is 49.3. The highest BCUT2D eigenvalue weighted by Crippen LogP contribution is 2.40. The molecule has 0 bridgehead atoms. The Hall–Kier alpha value is -5.92. The molecule has 14 nitrogen and oxygen atoms in total. The van der Waals surface area contributed by atoms with Gasteiger partial charge >= 0.3 is 0 Å². The molecule has 2 fully saturated rings. The van der Waals surface area contributed by atoms with Gasteiger partial charge in [-0.3, -0.25) is 19.4 Å². The van der Waals surface area contributed by atoms with E-state index in [9.17, 15) is 14.4 Å². The molecule has 0 aliphatic carbocycles. The zero-order valence-electron chi connectivity index (χ0n) is 31.3. The maximum atomic E-state index is 13.3. The van der Waals surface area contributed by atoms with Crippen molar-refractivity contribution in [1.82, 2.24) is 14.7 Å². The minimum Gasteiger partial charge on any atom is -0.493 e. The van der Waals surface area contributed by atoms with Crippen LogP contribution >= 0.6 is 0 Å². The van der Waals surface area contributed by atoms with Gasteiger partial charge in [0.25, 0.3) is 11.8 Å². The third kappa shape index (κ3) is 8.17. The number of hydrogen-bond acceptors (Lipinski definition) is 11. The maximum absolute atomic E-state index is 13.3. The van der Waals surface area contributed by atoms with Gasteiger partial charge in [0.05, 0.1) is 66.1 Å². The second-order valence-corrected chi connectivity index (χ2v) is 12.8. The van der Waals surface area contributed by atoms with E-state index < -0.39 is 0 Å². The van der Waals surface area contributed by atoms with E-state index in [2.05, 4.69) is 4.99 Å². The van der Waals surface area contributed by atoms with E-state index in [0.717, 1.165) is 24.9 Å². The van der Waals surface area contributed by atoms with Crippen molar-refractivity contribution >= 4 is 35.7 Å².